The Balaban J connectivity index is 0.000000648. The van der Waals surface area contributed by atoms with Gasteiger partial charge in [0.1, 0.15) is 5.71 Å². The van der Waals surface area contributed by atoms with Gasteiger partial charge in [-0.3, -0.25) is 9.59 Å². The number of hydrazone groups is 1. The minimum Gasteiger partial charge on any atom is -0.350 e. The molecule has 1 unspecified atom stereocenters. The van der Waals surface area contributed by atoms with Crippen molar-refractivity contribution in [2.75, 3.05) is 23.4 Å². The maximum absolute atomic E-state index is 14.1. The first-order valence-corrected chi connectivity index (χ1v) is 13.2. The summed E-state index contributed by atoms with van der Waals surface area (Å²) in [6.45, 7) is 9.84. The summed E-state index contributed by atoms with van der Waals surface area (Å²) in [6, 6.07) is 30.5. The number of rotatable bonds is 7. The second kappa shape index (κ2) is 12.4. The van der Waals surface area contributed by atoms with Gasteiger partial charge < -0.3 is 16.0 Å². The van der Waals surface area contributed by atoms with Gasteiger partial charge in [0.15, 0.2) is 0 Å². The van der Waals surface area contributed by atoms with Gasteiger partial charge in [-0.05, 0) is 60.6 Å². The van der Waals surface area contributed by atoms with Crippen LogP contribution in [0.4, 0.5) is 11.4 Å². The van der Waals surface area contributed by atoms with Crippen LogP contribution in [-0.4, -0.2) is 36.3 Å². The predicted molar refractivity (Wildman–Crippen MR) is 160 cm³/mol. The van der Waals surface area contributed by atoms with E-state index in [9.17, 15) is 9.59 Å². The zero-order chi connectivity index (χ0) is 27.8. The molecule has 4 aromatic carbocycles. The van der Waals surface area contributed by atoms with Gasteiger partial charge in [0, 0.05) is 18.2 Å². The van der Waals surface area contributed by atoms with E-state index in [0.717, 1.165) is 35.0 Å². The lowest BCUT2D eigenvalue weighted by Crippen LogP contribution is -2.64. The highest BCUT2D eigenvalue weighted by atomic mass is 16.2. The first-order chi connectivity index (χ1) is 18.9. The topological polar surface area (TPSA) is 85.8 Å². The van der Waals surface area contributed by atoms with Gasteiger partial charge >= 0.3 is 5.91 Å². The summed E-state index contributed by atoms with van der Waals surface area (Å²) in [7, 11) is 0. The fourth-order valence-corrected chi connectivity index (χ4v) is 4.65. The summed E-state index contributed by atoms with van der Waals surface area (Å²) in [5.41, 5.74) is 2.01. The van der Waals surface area contributed by atoms with Gasteiger partial charge in [0.05, 0.1) is 5.69 Å². The molecule has 1 atom stereocenters. The zero-order valence-corrected chi connectivity index (χ0v) is 22.9. The van der Waals surface area contributed by atoms with Gasteiger partial charge in [-0.25, -0.2) is 0 Å². The largest absolute Gasteiger partial charge is 0.350 e. The summed E-state index contributed by atoms with van der Waals surface area (Å²) < 4.78 is 0. The van der Waals surface area contributed by atoms with E-state index >= 15 is 0 Å². The van der Waals surface area contributed by atoms with Gasteiger partial charge in [-0.15, -0.1) is 0 Å². The number of aryl methyl sites for hydroxylation is 1. The third-order valence-electron chi connectivity index (χ3n) is 6.44. The lowest BCUT2D eigenvalue weighted by atomic mass is 9.90. The molecule has 0 saturated heterocycles. The number of carbonyl (C=O) groups excluding carboxylic acids is 2. The van der Waals surface area contributed by atoms with Crippen molar-refractivity contribution >= 4 is 39.7 Å². The predicted octanol–water partition coefficient (Wildman–Crippen LogP) is 5.46. The molecule has 5 rings (SSSR count). The summed E-state index contributed by atoms with van der Waals surface area (Å²) in [5, 5.41) is 17.5. The van der Waals surface area contributed by atoms with Gasteiger partial charge in [-0.1, -0.05) is 86.6 Å². The molecule has 0 aromatic heterocycles. The Bertz CT molecular complexity index is 1470. The van der Waals surface area contributed by atoms with E-state index in [1.54, 1.807) is 0 Å². The van der Waals surface area contributed by atoms with Crippen LogP contribution in [0.3, 0.4) is 0 Å². The van der Waals surface area contributed by atoms with E-state index in [4.69, 9.17) is 5.10 Å². The molecule has 0 fully saturated rings. The van der Waals surface area contributed by atoms with Crippen LogP contribution in [-0.2, 0) is 9.59 Å². The number of hydrogen-bond donors (Lipinski definition) is 3. The fraction of sp³-hybridized carbons (Fsp3) is 0.219. The molecule has 2 amide bonds. The number of hydrogen-bond acceptors (Lipinski definition) is 5. The maximum Gasteiger partial charge on any atom is 0.300 e. The van der Waals surface area contributed by atoms with Crippen molar-refractivity contribution in [3.05, 3.63) is 108 Å². The third kappa shape index (κ3) is 5.84. The second-order valence-corrected chi connectivity index (χ2v) is 9.26. The highest BCUT2D eigenvalue weighted by molar-refractivity contribution is 6.33. The van der Waals surface area contributed by atoms with Gasteiger partial charge in [-0.2, -0.15) is 10.1 Å². The lowest BCUT2D eigenvalue weighted by molar-refractivity contribution is -0.127. The SMILES string of the molecule is CC(=O)NC1(Nc2ccccc2)C(=O)N(c2ccccc2)N=C1c1ccc(C)c2ccccc12.CCNCC. The molecule has 7 heteroatoms. The van der Waals surface area contributed by atoms with Crippen molar-refractivity contribution in [1.29, 1.82) is 0 Å². The molecule has 39 heavy (non-hydrogen) atoms. The average molecular weight is 522 g/mol. The number of amides is 2. The molecule has 0 bridgehead atoms. The fourth-order valence-electron chi connectivity index (χ4n) is 4.65. The van der Waals surface area contributed by atoms with E-state index in [1.807, 2.05) is 104 Å². The molecule has 3 N–H and O–H groups in total. The third-order valence-corrected chi connectivity index (χ3v) is 6.44. The molecule has 4 aromatic rings. The van der Waals surface area contributed by atoms with Gasteiger partial charge in [0.25, 0.3) is 0 Å². The molecule has 1 aliphatic rings. The monoisotopic (exact) mass is 521 g/mol. The molecule has 0 radical (unpaired) electrons. The Morgan fingerprint density at radius 1 is 0.821 bits per heavy atom. The Morgan fingerprint density at radius 2 is 1.41 bits per heavy atom. The van der Waals surface area contributed by atoms with Crippen LogP contribution in [0.25, 0.3) is 10.8 Å². The van der Waals surface area contributed by atoms with Crippen molar-refractivity contribution < 1.29 is 9.59 Å². The van der Waals surface area contributed by atoms with Crippen molar-refractivity contribution in [2.45, 2.75) is 33.4 Å². The smallest absolute Gasteiger partial charge is 0.300 e. The van der Waals surface area contributed by atoms with Crippen LogP contribution in [0.2, 0.25) is 0 Å². The van der Waals surface area contributed by atoms with Crippen molar-refractivity contribution in [3.8, 4) is 0 Å². The Kier molecular flexibility index (Phi) is 8.74. The van der Waals surface area contributed by atoms with Crippen molar-refractivity contribution in [3.63, 3.8) is 0 Å². The van der Waals surface area contributed by atoms with Crippen LogP contribution < -0.4 is 21.0 Å². The summed E-state index contributed by atoms with van der Waals surface area (Å²) in [4.78, 5) is 26.6. The summed E-state index contributed by atoms with van der Waals surface area (Å²) in [5.74, 6) is -0.742. The minimum absolute atomic E-state index is 0.351. The zero-order valence-electron chi connectivity index (χ0n) is 22.9. The van der Waals surface area contributed by atoms with Crippen LogP contribution >= 0.6 is 0 Å². The van der Waals surface area contributed by atoms with E-state index < -0.39 is 11.6 Å². The average Bonchev–Trinajstić information content (AvgIpc) is 3.21. The number of benzene rings is 4. The highest BCUT2D eigenvalue weighted by Crippen LogP contribution is 2.34. The summed E-state index contributed by atoms with van der Waals surface area (Å²) >= 11 is 0. The normalized spacial score (nSPS) is 16.4. The Hall–Kier alpha value is -4.49. The van der Waals surface area contributed by atoms with Crippen LogP contribution in [0.15, 0.2) is 102 Å². The molecule has 0 aliphatic carbocycles. The van der Waals surface area contributed by atoms with E-state index in [0.29, 0.717) is 17.1 Å². The van der Waals surface area contributed by atoms with E-state index in [-0.39, 0.29) is 5.91 Å². The standard InChI is InChI=1S/C28H24N4O2.C4H11N/c1-19-17-18-25(24-16-10-9-15-23(19)24)26-28(29-20(2)33,30-21-11-5-3-6-12-21)27(34)32(31-26)22-13-7-4-8-14-22;1-3-5-4-2/h3-18,30H,1-2H3,(H,29,33);5H,3-4H2,1-2H3. The molecule has 0 spiro atoms. The lowest BCUT2D eigenvalue weighted by Gasteiger charge is -2.32. The van der Waals surface area contributed by atoms with Crippen molar-refractivity contribution in [1.82, 2.24) is 10.6 Å². The first-order valence-electron chi connectivity index (χ1n) is 13.2. The number of anilines is 2. The molecule has 7 nitrogen and oxygen atoms in total. The van der Waals surface area contributed by atoms with Gasteiger partial charge in [0.2, 0.25) is 11.6 Å². The van der Waals surface area contributed by atoms with E-state index in [2.05, 4.69) is 29.8 Å². The molecule has 200 valence electrons. The first kappa shape index (κ1) is 27.5. The quantitative estimate of drug-likeness (QED) is 0.282. The van der Waals surface area contributed by atoms with Crippen LogP contribution in [0, 0.1) is 6.92 Å². The van der Waals surface area contributed by atoms with Crippen LogP contribution in [0.5, 0.6) is 0 Å². The molecule has 1 heterocycles. The number of carbonyl (C=O) groups is 2. The van der Waals surface area contributed by atoms with Crippen LogP contribution in [0.1, 0.15) is 31.9 Å². The summed E-state index contributed by atoms with van der Waals surface area (Å²) in [6.07, 6.45) is 0. The Morgan fingerprint density at radius 3 is 2.00 bits per heavy atom. The number of nitrogens with zero attached hydrogens (tertiary/aromatic N) is 2. The molecule has 0 saturated carbocycles. The van der Waals surface area contributed by atoms with Crippen molar-refractivity contribution in [2.24, 2.45) is 5.10 Å². The highest BCUT2D eigenvalue weighted by Gasteiger charge is 2.53. The van der Waals surface area contributed by atoms with E-state index in [1.165, 1.54) is 11.9 Å². The molecular formula is C32H35N5O2. The number of para-hydroxylation sites is 2. The second-order valence-electron chi connectivity index (χ2n) is 9.26. The maximum atomic E-state index is 14.1. The molecule has 1 aliphatic heterocycles. The molecular weight excluding hydrogens is 486 g/mol. The Labute approximate surface area is 229 Å². The minimum atomic E-state index is -1.60. The number of fused-ring (bicyclic) bond motifs is 1. The number of nitrogens with one attached hydrogen (secondary N) is 3.